The maximum Gasteiger partial charge on any atom is 0.306 e. The van der Waals surface area contributed by atoms with Gasteiger partial charge in [0.15, 0.2) is 6.61 Å². The fourth-order valence-corrected chi connectivity index (χ4v) is 3.37. The molecule has 0 spiro atoms. The molecule has 0 aliphatic heterocycles. The molecular formula is C18H14ClFN2O3S. The van der Waals surface area contributed by atoms with Crippen LogP contribution in [0.1, 0.15) is 11.4 Å². The van der Waals surface area contributed by atoms with Gasteiger partial charge in [-0.05, 0) is 30.3 Å². The lowest BCUT2D eigenvalue weighted by Gasteiger charge is -2.07. The molecule has 1 N–H and O–H groups in total. The van der Waals surface area contributed by atoms with Crippen LogP contribution in [0, 0.1) is 5.82 Å². The Morgan fingerprint density at radius 3 is 2.81 bits per heavy atom. The molecule has 3 aromatic rings. The highest BCUT2D eigenvalue weighted by molar-refractivity contribution is 7.18. The Morgan fingerprint density at radius 1 is 1.23 bits per heavy atom. The summed E-state index contributed by atoms with van der Waals surface area (Å²) in [6, 6.07) is 11.5. The molecule has 2 aromatic carbocycles. The van der Waals surface area contributed by atoms with Gasteiger partial charge < -0.3 is 10.1 Å². The fraction of sp³-hybridized carbons (Fsp3) is 0.167. The zero-order chi connectivity index (χ0) is 18.5. The Labute approximate surface area is 157 Å². The largest absolute Gasteiger partial charge is 0.456 e. The number of carbonyl (C=O) groups excluding carboxylic acids is 2. The van der Waals surface area contributed by atoms with Gasteiger partial charge in [-0.15, -0.1) is 11.3 Å². The topological polar surface area (TPSA) is 68.3 Å². The molecule has 0 radical (unpaired) electrons. The molecular weight excluding hydrogens is 379 g/mol. The predicted octanol–water partition coefficient (Wildman–Crippen LogP) is 4.20. The Bertz CT molecular complexity index is 928. The number of hydrogen-bond acceptors (Lipinski definition) is 5. The zero-order valence-electron chi connectivity index (χ0n) is 13.5. The number of carbonyl (C=O) groups is 2. The molecule has 1 amide bonds. The van der Waals surface area contributed by atoms with E-state index in [4.69, 9.17) is 16.3 Å². The highest BCUT2D eigenvalue weighted by Gasteiger charge is 2.11. The molecule has 1 heterocycles. The van der Waals surface area contributed by atoms with Gasteiger partial charge in [-0.2, -0.15) is 0 Å². The second-order valence-electron chi connectivity index (χ2n) is 5.41. The summed E-state index contributed by atoms with van der Waals surface area (Å²) in [5, 5.41) is 3.22. The summed E-state index contributed by atoms with van der Waals surface area (Å²) >= 11 is 7.16. The van der Waals surface area contributed by atoms with E-state index in [9.17, 15) is 14.0 Å². The number of anilines is 1. The molecule has 0 saturated heterocycles. The summed E-state index contributed by atoms with van der Waals surface area (Å²) in [6.45, 7) is -0.423. The smallest absolute Gasteiger partial charge is 0.306 e. The van der Waals surface area contributed by atoms with Crippen molar-refractivity contribution in [1.82, 2.24) is 4.98 Å². The van der Waals surface area contributed by atoms with Crippen molar-refractivity contribution in [2.24, 2.45) is 0 Å². The summed E-state index contributed by atoms with van der Waals surface area (Å²) in [4.78, 5) is 28.0. The van der Waals surface area contributed by atoms with Gasteiger partial charge in [-0.1, -0.05) is 23.7 Å². The molecule has 0 unspecified atom stereocenters. The first-order valence-corrected chi connectivity index (χ1v) is 8.95. The number of amides is 1. The first kappa shape index (κ1) is 18.3. The van der Waals surface area contributed by atoms with Crippen LogP contribution in [0.25, 0.3) is 10.2 Å². The van der Waals surface area contributed by atoms with Crippen LogP contribution in [0.2, 0.25) is 5.02 Å². The normalized spacial score (nSPS) is 10.7. The monoisotopic (exact) mass is 392 g/mol. The maximum absolute atomic E-state index is 13.1. The van der Waals surface area contributed by atoms with Crippen molar-refractivity contribution in [3.05, 3.63) is 58.3 Å². The van der Waals surface area contributed by atoms with Crippen LogP contribution in [-0.4, -0.2) is 23.5 Å². The first-order valence-electron chi connectivity index (χ1n) is 7.76. The minimum absolute atomic E-state index is 0.101. The van der Waals surface area contributed by atoms with Crippen LogP contribution < -0.4 is 5.32 Å². The van der Waals surface area contributed by atoms with E-state index in [2.05, 4.69) is 10.3 Å². The van der Waals surface area contributed by atoms with Gasteiger partial charge in [0.1, 0.15) is 5.82 Å². The summed E-state index contributed by atoms with van der Waals surface area (Å²) in [6.07, 6.45) is 0.586. The number of hydrogen-bond donors (Lipinski definition) is 1. The second kappa shape index (κ2) is 8.25. The predicted molar refractivity (Wildman–Crippen MR) is 98.9 cm³/mol. The Hall–Kier alpha value is -2.51. The van der Waals surface area contributed by atoms with E-state index < -0.39 is 24.3 Å². The van der Waals surface area contributed by atoms with Crippen molar-refractivity contribution in [2.75, 3.05) is 11.9 Å². The highest BCUT2D eigenvalue weighted by Crippen LogP contribution is 2.22. The molecule has 0 aliphatic rings. The number of fused-ring (bicyclic) bond motifs is 1. The van der Waals surface area contributed by atoms with E-state index in [1.165, 1.54) is 23.5 Å². The molecule has 0 fully saturated rings. The minimum atomic E-state index is -0.578. The number of nitrogens with zero attached hydrogens (tertiary/aromatic N) is 1. The summed E-state index contributed by atoms with van der Waals surface area (Å²) in [5.74, 6) is -1.59. The lowest BCUT2D eigenvalue weighted by molar-refractivity contribution is -0.147. The number of aromatic nitrogens is 1. The van der Waals surface area contributed by atoms with Gasteiger partial charge in [0, 0.05) is 12.1 Å². The van der Waals surface area contributed by atoms with Crippen LogP contribution in [0.5, 0.6) is 0 Å². The Morgan fingerprint density at radius 2 is 2.04 bits per heavy atom. The SMILES string of the molecule is O=C(COC(=O)CCc1nc2ccccc2s1)Nc1ccc(F)c(Cl)c1. The summed E-state index contributed by atoms with van der Waals surface area (Å²) < 4.78 is 19.1. The molecule has 134 valence electrons. The van der Waals surface area contributed by atoms with Crippen molar-refractivity contribution in [3.8, 4) is 0 Å². The fourth-order valence-electron chi connectivity index (χ4n) is 2.23. The highest BCUT2D eigenvalue weighted by atomic mass is 35.5. The number of para-hydroxylation sites is 1. The number of esters is 1. The van der Waals surface area contributed by atoms with E-state index in [0.717, 1.165) is 21.3 Å². The van der Waals surface area contributed by atoms with Crippen LogP contribution in [0.15, 0.2) is 42.5 Å². The first-order chi connectivity index (χ1) is 12.5. The molecule has 0 aliphatic carbocycles. The number of rotatable bonds is 6. The average molecular weight is 393 g/mol. The molecule has 1 aromatic heterocycles. The van der Waals surface area contributed by atoms with E-state index in [1.54, 1.807) is 0 Å². The van der Waals surface area contributed by atoms with Gasteiger partial charge in [-0.3, -0.25) is 9.59 Å². The van der Waals surface area contributed by atoms with Gasteiger partial charge in [0.2, 0.25) is 0 Å². The van der Waals surface area contributed by atoms with E-state index in [1.807, 2.05) is 24.3 Å². The average Bonchev–Trinajstić information content (AvgIpc) is 3.04. The van der Waals surface area contributed by atoms with Gasteiger partial charge >= 0.3 is 5.97 Å². The molecule has 5 nitrogen and oxygen atoms in total. The quantitative estimate of drug-likeness (QED) is 0.638. The van der Waals surface area contributed by atoms with Crippen LogP contribution in [0.4, 0.5) is 10.1 Å². The van der Waals surface area contributed by atoms with Crippen molar-refractivity contribution < 1.29 is 18.7 Å². The van der Waals surface area contributed by atoms with E-state index in [-0.39, 0.29) is 11.4 Å². The minimum Gasteiger partial charge on any atom is -0.456 e. The molecule has 0 atom stereocenters. The Kier molecular flexibility index (Phi) is 5.80. The third kappa shape index (κ3) is 4.77. The van der Waals surface area contributed by atoms with Crippen LogP contribution >= 0.6 is 22.9 Å². The number of thiazole rings is 1. The number of halogens is 2. The van der Waals surface area contributed by atoms with Gasteiger partial charge in [-0.25, -0.2) is 9.37 Å². The van der Waals surface area contributed by atoms with E-state index in [0.29, 0.717) is 12.1 Å². The van der Waals surface area contributed by atoms with Crippen LogP contribution in [-0.2, 0) is 20.7 Å². The maximum atomic E-state index is 13.1. The molecule has 0 saturated carbocycles. The number of benzene rings is 2. The molecule has 3 rings (SSSR count). The lowest BCUT2D eigenvalue weighted by Crippen LogP contribution is -2.21. The van der Waals surface area contributed by atoms with Crippen molar-refractivity contribution in [3.63, 3.8) is 0 Å². The summed E-state index contributed by atoms with van der Waals surface area (Å²) in [7, 11) is 0. The van der Waals surface area contributed by atoms with Crippen molar-refractivity contribution >= 4 is 50.7 Å². The van der Waals surface area contributed by atoms with Crippen molar-refractivity contribution in [2.45, 2.75) is 12.8 Å². The lowest BCUT2D eigenvalue weighted by atomic mass is 10.3. The zero-order valence-corrected chi connectivity index (χ0v) is 15.1. The molecule has 0 bridgehead atoms. The number of nitrogens with one attached hydrogen (secondary N) is 1. The third-order valence-electron chi connectivity index (χ3n) is 3.45. The Balaban J connectivity index is 1.44. The van der Waals surface area contributed by atoms with Gasteiger partial charge in [0.25, 0.3) is 5.91 Å². The van der Waals surface area contributed by atoms with Gasteiger partial charge in [0.05, 0.1) is 26.7 Å². The number of ether oxygens (including phenoxy) is 1. The number of aryl methyl sites for hydroxylation is 1. The van der Waals surface area contributed by atoms with Crippen LogP contribution in [0.3, 0.4) is 0 Å². The standard InChI is InChI=1S/C18H14ClFN2O3S/c19-12-9-11(5-6-13(12)20)21-16(23)10-25-18(24)8-7-17-22-14-3-1-2-4-15(14)26-17/h1-6,9H,7-8,10H2,(H,21,23). The summed E-state index contributed by atoms with van der Waals surface area (Å²) in [5.41, 5.74) is 1.23. The molecule has 26 heavy (non-hydrogen) atoms. The second-order valence-corrected chi connectivity index (χ2v) is 6.94. The third-order valence-corrected chi connectivity index (χ3v) is 4.83. The molecule has 8 heteroatoms. The van der Waals surface area contributed by atoms with E-state index >= 15 is 0 Å². The van der Waals surface area contributed by atoms with Crippen molar-refractivity contribution in [1.29, 1.82) is 0 Å².